The molecule has 3 aliphatic carbocycles. The summed E-state index contributed by atoms with van der Waals surface area (Å²) in [4.78, 5) is 0. The number of hydrogen-bond acceptors (Lipinski definition) is 2. The predicted molar refractivity (Wildman–Crippen MR) is 88.0 cm³/mol. The van der Waals surface area contributed by atoms with Crippen molar-refractivity contribution < 1.29 is 10.2 Å². The molecule has 0 heterocycles. The van der Waals surface area contributed by atoms with Crippen LogP contribution in [0.5, 0.6) is 5.75 Å². The SMILES string of the molecule is CC[C@@]12CCc3cc(O)ccc3[C@H]1CC[C@@]1(C)C2CC[C@@H]1O. The van der Waals surface area contributed by atoms with Gasteiger partial charge in [0.2, 0.25) is 0 Å². The molecule has 0 aromatic heterocycles. The smallest absolute Gasteiger partial charge is 0.115 e. The van der Waals surface area contributed by atoms with Gasteiger partial charge >= 0.3 is 0 Å². The van der Waals surface area contributed by atoms with E-state index in [1.165, 1.54) is 36.8 Å². The Labute approximate surface area is 133 Å². The molecule has 2 saturated carbocycles. The van der Waals surface area contributed by atoms with Gasteiger partial charge in [-0.25, -0.2) is 0 Å². The average Bonchev–Trinajstić information content (AvgIpc) is 2.82. The van der Waals surface area contributed by atoms with Crippen LogP contribution in [0.25, 0.3) is 0 Å². The first-order chi connectivity index (χ1) is 10.5. The van der Waals surface area contributed by atoms with Crippen LogP contribution < -0.4 is 0 Å². The normalized spacial score (nSPS) is 43.3. The second kappa shape index (κ2) is 4.74. The van der Waals surface area contributed by atoms with Gasteiger partial charge < -0.3 is 10.2 Å². The van der Waals surface area contributed by atoms with E-state index in [1.807, 2.05) is 12.1 Å². The Bertz CT molecular complexity index is 595. The van der Waals surface area contributed by atoms with E-state index in [9.17, 15) is 10.2 Å². The second-order valence-corrected chi connectivity index (χ2v) is 8.21. The van der Waals surface area contributed by atoms with Crippen molar-refractivity contribution in [1.29, 1.82) is 0 Å². The summed E-state index contributed by atoms with van der Waals surface area (Å²) in [6.07, 6.45) is 7.91. The molecule has 1 unspecified atom stereocenters. The molecule has 1 aromatic rings. The second-order valence-electron chi connectivity index (χ2n) is 8.21. The van der Waals surface area contributed by atoms with Crippen LogP contribution in [0.3, 0.4) is 0 Å². The standard InChI is InChI=1S/C20H28O2/c1-3-20-11-8-13-12-14(21)4-5-15(13)16(20)9-10-19(2)17(20)6-7-18(19)22/h4-5,12,16-18,21-22H,3,6-11H2,1-2H3/t16-,17?,18+,19+,20-/m1/s1. The molecule has 1 aromatic carbocycles. The van der Waals surface area contributed by atoms with Crippen molar-refractivity contribution in [2.24, 2.45) is 16.7 Å². The van der Waals surface area contributed by atoms with Gasteiger partial charge in [0.25, 0.3) is 0 Å². The number of phenols is 1. The van der Waals surface area contributed by atoms with Crippen LogP contribution >= 0.6 is 0 Å². The number of rotatable bonds is 1. The summed E-state index contributed by atoms with van der Waals surface area (Å²) >= 11 is 0. The van der Waals surface area contributed by atoms with E-state index >= 15 is 0 Å². The highest BCUT2D eigenvalue weighted by Gasteiger charge is 2.60. The summed E-state index contributed by atoms with van der Waals surface area (Å²) in [5, 5.41) is 20.4. The molecule has 0 radical (unpaired) electrons. The highest BCUT2D eigenvalue weighted by molar-refractivity contribution is 5.41. The predicted octanol–water partition coefficient (Wildman–Crippen LogP) is 4.39. The lowest BCUT2D eigenvalue weighted by Crippen LogP contribution is -2.51. The number of aliphatic hydroxyl groups is 1. The largest absolute Gasteiger partial charge is 0.508 e. The summed E-state index contributed by atoms with van der Waals surface area (Å²) in [7, 11) is 0. The maximum atomic E-state index is 10.6. The number of hydrogen-bond donors (Lipinski definition) is 2. The number of fused-ring (bicyclic) bond motifs is 5. The number of benzene rings is 1. The molecule has 4 rings (SSSR count). The molecule has 0 amide bonds. The molecule has 2 fully saturated rings. The zero-order valence-corrected chi connectivity index (χ0v) is 13.8. The fourth-order valence-electron chi connectivity index (χ4n) is 6.49. The minimum Gasteiger partial charge on any atom is -0.508 e. The molecule has 0 bridgehead atoms. The van der Waals surface area contributed by atoms with Crippen molar-refractivity contribution >= 4 is 0 Å². The monoisotopic (exact) mass is 300 g/mol. The van der Waals surface area contributed by atoms with Gasteiger partial charge in [-0.15, -0.1) is 0 Å². The maximum Gasteiger partial charge on any atom is 0.115 e. The minimum absolute atomic E-state index is 0.108. The molecular formula is C20H28O2. The van der Waals surface area contributed by atoms with Crippen molar-refractivity contribution in [2.75, 3.05) is 0 Å². The number of phenolic OH excluding ortho intramolecular Hbond substituents is 1. The first-order valence-electron chi connectivity index (χ1n) is 9.01. The fourth-order valence-corrected chi connectivity index (χ4v) is 6.49. The summed E-state index contributed by atoms with van der Waals surface area (Å²) in [6, 6.07) is 6.01. The Morgan fingerprint density at radius 2 is 2.00 bits per heavy atom. The van der Waals surface area contributed by atoms with E-state index in [-0.39, 0.29) is 11.5 Å². The Morgan fingerprint density at radius 3 is 2.77 bits per heavy atom. The van der Waals surface area contributed by atoms with E-state index in [0.29, 0.717) is 23.0 Å². The lowest BCUT2D eigenvalue weighted by molar-refractivity contribution is -0.0775. The van der Waals surface area contributed by atoms with Crippen LogP contribution in [0.15, 0.2) is 18.2 Å². The van der Waals surface area contributed by atoms with Gasteiger partial charge in [-0.2, -0.15) is 0 Å². The van der Waals surface area contributed by atoms with Crippen molar-refractivity contribution in [3.05, 3.63) is 29.3 Å². The van der Waals surface area contributed by atoms with Gasteiger partial charge in [-0.1, -0.05) is 19.9 Å². The van der Waals surface area contributed by atoms with Crippen molar-refractivity contribution in [2.45, 2.75) is 70.8 Å². The van der Waals surface area contributed by atoms with Crippen LogP contribution in [0.2, 0.25) is 0 Å². The van der Waals surface area contributed by atoms with Crippen LogP contribution in [0.1, 0.15) is 69.4 Å². The average molecular weight is 300 g/mol. The number of aromatic hydroxyl groups is 1. The quantitative estimate of drug-likeness (QED) is 0.807. The third-order valence-corrected chi connectivity index (χ3v) is 7.67. The van der Waals surface area contributed by atoms with Gasteiger partial charge in [-0.3, -0.25) is 0 Å². The highest BCUT2D eigenvalue weighted by atomic mass is 16.3. The number of aliphatic hydroxyl groups excluding tert-OH is 1. The summed E-state index contributed by atoms with van der Waals surface area (Å²) < 4.78 is 0. The van der Waals surface area contributed by atoms with Crippen molar-refractivity contribution in [3.8, 4) is 5.75 Å². The highest BCUT2D eigenvalue weighted by Crippen LogP contribution is 2.68. The number of aryl methyl sites for hydroxylation is 1. The van der Waals surface area contributed by atoms with Crippen LogP contribution in [-0.4, -0.2) is 16.3 Å². The summed E-state index contributed by atoms with van der Waals surface area (Å²) in [5.74, 6) is 1.67. The summed E-state index contributed by atoms with van der Waals surface area (Å²) in [5.41, 5.74) is 3.32. The lowest BCUT2D eigenvalue weighted by atomic mass is 9.46. The lowest BCUT2D eigenvalue weighted by Gasteiger charge is -2.58. The van der Waals surface area contributed by atoms with Crippen molar-refractivity contribution in [3.63, 3.8) is 0 Å². The third-order valence-electron chi connectivity index (χ3n) is 7.67. The van der Waals surface area contributed by atoms with Crippen LogP contribution in [-0.2, 0) is 6.42 Å². The van der Waals surface area contributed by atoms with E-state index in [0.717, 1.165) is 19.3 Å². The third kappa shape index (κ3) is 1.71. The van der Waals surface area contributed by atoms with E-state index < -0.39 is 0 Å². The van der Waals surface area contributed by atoms with Gasteiger partial charge in [0.1, 0.15) is 5.75 Å². The summed E-state index contributed by atoms with van der Waals surface area (Å²) in [6.45, 7) is 4.70. The van der Waals surface area contributed by atoms with Gasteiger partial charge in [0.15, 0.2) is 0 Å². The first-order valence-corrected chi connectivity index (χ1v) is 9.01. The zero-order chi connectivity index (χ0) is 15.5. The van der Waals surface area contributed by atoms with Crippen LogP contribution in [0, 0.1) is 16.7 Å². The zero-order valence-electron chi connectivity index (χ0n) is 13.8. The van der Waals surface area contributed by atoms with E-state index in [2.05, 4.69) is 19.9 Å². The molecule has 0 saturated heterocycles. The topological polar surface area (TPSA) is 40.5 Å². The fraction of sp³-hybridized carbons (Fsp3) is 0.700. The molecule has 0 spiro atoms. The Hall–Kier alpha value is -1.02. The van der Waals surface area contributed by atoms with Gasteiger partial charge in [-0.05, 0) is 90.9 Å². The molecule has 2 heteroatoms. The minimum atomic E-state index is -0.108. The molecule has 3 aliphatic rings. The van der Waals surface area contributed by atoms with E-state index in [1.54, 1.807) is 0 Å². The molecule has 2 N–H and O–H groups in total. The Morgan fingerprint density at radius 1 is 1.18 bits per heavy atom. The Balaban J connectivity index is 1.81. The first kappa shape index (κ1) is 14.6. The Kier molecular flexibility index (Phi) is 3.14. The molecular weight excluding hydrogens is 272 g/mol. The van der Waals surface area contributed by atoms with Crippen molar-refractivity contribution in [1.82, 2.24) is 0 Å². The molecule has 5 atom stereocenters. The van der Waals surface area contributed by atoms with Gasteiger partial charge in [0, 0.05) is 0 Å². The molecule has 2 nitrogen and oxygen atoms in total. The maximum absolute atomic E-state index is 10.6. The molecule has 0 aliphatic heterocycles. The van der Waals surface area contributed by atoms with Gasteiger partial charge in [0.05, 0.1) is 6.10 Å². The van der Waals surface area contributed by atoms with E-state index in [4.69, 9.17) is 0 Å². The molecule has 120 valence electrons. The van der Waals surface area contributed by atoms with Crippen LogP contribution in [0.4, 0.5) is 0 Å². The molecule has 22 heavy (non-hydrogen) atoms.